The van der Waals surface area contributed by atoms with Crippen molar-refractivity contribution in [1.82, 2.24) is 19.7 Å². The summed E-state index contributed by atoms with van der Waals surface area (Å²) >= 11 is 0. The number of benzene rings is 1. The summed E-state index contributed by atoms with van der Waals surface area (Å²) in [4.78, 5) is 31.6. The van der Waals surface area contributed by atoms with Gasteiger partial charge in [0.25, 0.3) is 11.5 Å². The maximum atomic E-state index is 13.0. The van der Waals surface area contributed by atoms with Crippen molar-refractivity contribution in [1.29, 1.82) is 0 Å². The Labute approximate surface area is 174 Å². The van der Waals surface area contributed by atoms with Crippen LogP contribution in [0.4, 0.5) is 0 Å². The molecule has 1 fully saturated rings. The lowest BCUT2D eigenvalue weighted by molar-refractivity contribution is 0.0302. The van der Waals surface area contributed by atoms with Gasteiger partial charge in [0, 0.05) is 36.5 Å². The molecule has 0 atom stereocenters. The lowest BCUT2D eigenvalue weighted by Gasteiger charge is -2.27. The van der Waals surface area contributed by atoms with Gasteiger partial charge in [-0.2, -0.15) is 5.10 Å². The van der Waals surface area contributed by atoms with Gasteiger partial charge in [-0.1, -0.05) is 30.3 Å². The van der Waals surface area contributed by atoms with Crippen molar-refractivity contribution in [2.24, 2.45) is 0 Å². The summed E-state index contributed by atoms with van der Waals surface area (Å²) < 4.78 is 6.80. The van der Waals surface area contributed by atoms with E-state index in [0.29, 0.717) is 37.6 Å². The lowest BCUT2D eigenvalue weighted by atomic mass is 10.0. The van der Waals surface area contributed by atoms with Gasteiger partial charge in [-0.25, -0.2) is 4.68 Å². The number of aromatic nitrogens is 3. The van der Waals surface area contributed by atoms with E-state index in [1.165, 1.54) is 10.7 Å². The third-order valence-electron chi connectivity index (χ3n) is 5.07. The Hall–Kier alpha value is -3.32. The van der Waals surface area contributed by atoms with Crippen LogP contribution in [-0.2, 0) is 4.74 Å². The number of carbonyl (C=O) groups is 1. The van der Waals surface area contributed by atoms with Crippen molar-refractivity contribution in [3.05, 3.63) is 70.6 Å². The maximum Gasteiger partial charge on any atom is 0.267 e. The lowest BCUT2D eigenvalue weighted by Crippen LogP contribution is -2.40. The number of hydrogen-bond acceptors (Lipinski definition) is 5. The predicted octanol–water partition coefficient (Wildman–Crippen LogP) is 3.03. The van der Waals surface area contributed by atoms with Gasteiger partial charge in [0.1, 0.15) is 0 Å². The second kappa shape index (κ2) is 8.59. The van der Waals surface area contributed by atoms with Crippen molar-refractivity contribution in [2.75, 3.05) is 26.3 Å². The van der Waals surface area contributed by atoms with Gasteiger partial charge in [0.15, 0.2) is 0 Å². The Morgan fingerprint density at radius 3 is 2.50 bits per heavy atom. The second-order valence-electron chi connectivity index (χ2n) is 7.49. The second-order valence-corrected chi connectivity index (χ2v) is 7.49. The number of rotatable bonds is 4. The van der Waals surface area contributed by atoms with Crippen LogP contribution in [0, 0.1) is 0 Å². The molecule has 7 heteroatoms. The molecule has 3 heterocycles. The summed E-state index contributed by atoms with van der Waals surface area (Å²) in [7, 11) is 0. The van der Waals surface area contributed by atoms with E-state index < -0.39 is 0 Å². The van der Waals surface area contributed by atoms with E-state index in [0.717, 1.165) is 16.8 Å². The van der Waals surface area contributed by atoms with Crippen LogP contribution in [0.25, 0.3) is 22.5 Å². The highest BCUT2D eigenvalue weighted by molar-refractivity contribution is 5.96. The molecule has 2 aromatic heterocycles. The number of amides is 1. The van der Waals surface area contributed by atoms with Gasteiger partial charge in [-0.3, -0.25) is 14.6 Å². The molecule has 0 saturated carbocycles. The average Bonchev–Trinajstić information content (AvgIpc) is 2.79. The van der Waals surface area contributed by atoms with E-state index in [4.69, 9.17) is 4.74 Å². The van der Waals surface area contributed by atoms with E-state index in [-0.39, 0.29) is 17.5 Å². The molecule has 1 saturated heterocycles. The number of hydrogen-bond donors (Lipinski definition) is 0. The minimum absolute atomic E-state index is 0.0798. The van der Waals surface area contributed by atoms with E-state index in [1.807, 2.05) is 50.2 Å². The van der Waals surface area contributed by atoms with Gasteiger partial charge < -0.3 is 9.64 Å². The minimum Gasteiger partial charge on any atom is -0.378 e. The number of ether oxygens (including phenoxy) is 1. The topological polar surface area (TPSA) is 77.3 Å². The Kier molecular flexibility index (Phi) is 5.72. The smallest absolute Gasteiger partial charge is 0.267 e. The fourth-order valence-corrected chi connectivity index (χ4v) is 3.49. The fourth-order valence-electron chi connectivity index (χ4n) is 3.49. The number of nitrogens with zero attached hydrogens (tertiary/aromatic N) is 4. The van der Waals surface area contributed by atoms with Crippen molar-refractivity contribution in [3.8, 4) is 22.5 Å². The monoisotopic (exact) mass is 404 g/mol. The molecule has 30 heavy (non-hydrogen) atoms. The zero-order valence-corrected chi connectivity index (χ0v) is 17.1. The van der Waals surface area contributed by atoms with Crippen molar-refractivity contribution in [3.63, 3.8) is 0 Å². The molecule has 0 bridgehead atoms. The molecular weight excluding hydrogens is 380 g/mol. The first kappa shape index (κ1) is 20.0. The fraction of sp³-hybridized carbons (Fsp3) is 0.304. The summed E-state index contributed by atoms with van der Waals surface area (Å²) in [6.45, 7) is 6.01. The maximum absolute atomic E-state index is 13.0. The quantitative estimate of drug-likeness (QED) is 0.668. The molecule has 1 amide bonds. The van der Waals surface area contributed by atoms with Crippen LogP contribution in [0.5, 0.6) is 0 Å². The largest absolute Gasteiger partial charge is 0.378 e. The average molecular weight is 404 g/mol. The highest BCUT2D eigenvalue weighted by Gasteiger charge is 2.21. The van der Waals surface area contributed by atoms with E-state index >= 15 is 0 Å². The SMILES string of the molecule is CC(C)n1nc(-c2cc(C(=O)N3CCOCC3)cnc2-c2ccccc2)ccc1=O. The Bertz CT molecular complexity index is 1100. The zero-order valence-electron chi connectivity index (χ0n) is 17.1. The molecule has 3 aromatic rings. The molecule has 0 aliphatic carbocycles. The van der Waals surface area contributed by atoms with Gasteiger partial charge in [0.05, 0.1) is 36.2 Å². The Morgan fingerprint density at radius 1 is 1.07 bits per heavy atom. The van der Waals surface area contributed by atoms with Gasteiger partial charge in [-0.05, 0) is 26.0 Å². The highest BCUT2D eigenvalue weighted by atomic mass is 16.5. The minimum atomic E-state index is -0.163. The molecule has 0 spiro atoms. The summed E-state index contributed by atoms with van der Waals surface area (Å²) in [5.41, 5.74) is 3.29. The first-order valence-corrected chi connectivity index (χ1v) is 10.1. The standard InChI is InChI=1S/C23H24N4O3/c1-16(2)27-21(28)9-8-20(25-27)19-14-18(23(29)26-10-12-30-13-11-26)15-24-22(19)17-6-4-3-5-7-17/h3-9,14-16H,10-13H2,1-2H3. The predicted molar refractivity (Wildman–Crippen MR) is 114 cm³/mol. The zero-order chi connectivity index (χ0) is 21.1. The van der Waals surface area contributed by atoms with Gasteiger partial charge >= 0.3 is 0 Å². The van der Waals surface area contributed by atoms with Crippen molar-refractivity contribution < 1.29 is 9.53 Å². The third kappa shape index (κ3) is 4.02. The van der Waals surface area contributed by atoms with Crippen LogP contribution in [0.2, 0.25) is 0 Å². The molecular formula is C23H24N4O3. The summed E-state index contributed by atoms with van der Waals surface area (Å²) in [6.07, 6.45) is 1.61. The molecule has 0 radical (unpaired) electrons. The normalized spacial score (nSPS) is 14.2. The molecule has 0 N–H and O–H groups in total. The number of morpholine rings is 1. The molecule has 1 aliphatic heterocycles. The van der Waals surface area contributed by atoms with E-state index in [1.54, 1.807) is 17.2 Å². The molecule has 7 nitrogen and oxygen atoms in total. The van der Waals surface area contributed by atoms with E-state index in [2.05, 4.69) is 10.1 Å². The highest BCUT2D eigenvalue weighted by Crippen LogP contribution is 2.30. The molecule has 4 rings (SSSR count). The summed E-state index contributed by atoms with van der Waals surface area (Å²) in [6, 6.07) is 14.7. The molecule has 1 aromatic carbocycles. The number of carbonyl (C=O) groups excluding carboxylic acids is 1. The first-order valence-electron chi connectivity index (χ1n) is 10.1. The van der Waals surface area contributed by atoms with E-state index in [9.17, 15) is 9.59 Å². The van der Waals surface area contributed by atoms with Crippen LogP contribution in [0.1, 0.15) is 30.2 Å². The third-order valence-corrected chi connectivity index (χ3v) is 5.07. The van der Waals surface area contributed by atoms with Crippen LogP contribution in [0.15, 0.2) is 59.5 Å². The van der Waals surface area contributed by atoms with Crippen LogP contribution < -0.4 is 5.56 Å². The Balaban J connectivity index is 1.84. The van der Waals surface area contributed by atoms with Crippen molar-refractivity contribution in [2.45, 2.75) is 19.9 Å². The van der Waals surface area contributed by atoms with Crippen molar-refractivity contribution >= 4 is 5.91 Å². The summed E-state index contributed by atoms with van der Waals surface area (Å²) in [5.74, 6) is -0.0798. The number of pyridine rings is 1. The summed E-state index contributed by atoms with van der Waals surface area (Å²) in [5, 5.41) is 4.56. The van der Waals surface area contributed by atoms with Gasteiger partial charge in [-0.15, -0.1) is 0 Å². The Morgan fingerprint density at radius 2 is 1.80 bits per heavy atom. The molecule has 1 aliphatic rings. The molecule has 154 valence electrons. The van der Waals surface area contributed by atoms with Crippen LogP contribution in [0.3, 0.4) is 0 Å². The van der Waals surface area contributed by atoms with Gasteiger partial charge in [0.2, 0.25) is 0 Å². The van der Waals surface area contributed by atoms with Crippen LogP contribution >= 0.6 is 0 Å². The molecule has 0 unspecified atom stereocenters. The first-order chi connectivity index (χ1) is 14.5. The van der Waals surface area contributed by atoms with Crippen LogP contribution in [-0.4, -0.2) is 51.9 Å².